The lowest BCUT2D eigenvalue weighted by Gasteiger charge is -2.20. The molecule has 0 spiro atoms. The standard InChI is InChI=1S/C13H17F2N3O3S/c1-13(2,3)21-12(19)18-17-11(22)16-8-4-6-9(7-5-8)20-10(14)15/h4-7,10H,1-3H3,(H,18,19)(H2,16,17,22). The third-order valence-corrected chi connectivity index (χ3v) is 2.22. The van der Waals surface area contributed by atoms with E-state index in [1.54, 1.807) is 20.8 Å². The van der Waals surface area contributed by atoms with Crippen molar-refractivity contribution in [2.45, 2.75) is 33.0 Å². The van der Waals surface area contributed by atoms with Crippen LogP contribution in [0.2, 0.25) is 0 Å². The summed E-state index contributed by atoms with van der Waals surface area (Å²) in [6, 6.07) is 5.72. The zero-order valence-corrected chi connectivity index (χ0v) is 13.1. The molecule has 0 aliphatic heterocycles. The molecule has 9 heteroatoms. The number of nitrogens with one attached hydrogen (secondary N) is 3. The average Bonchev–Trinajstić information content (AvgIpc) is 2.36. The van der Waals surface area contributed by atoms with Gasteiger partial charge >= 0.3 is 12.7 Å². The Labute approximate surface area is 132 Å². The molecule has 0 saturated heterocycles. The number of benzene rings is 1. The normalized spacial score (nSPS) is 10.8. The van der Waals surface area contributed by atoms with E-state index in [2.05, 4.69) is 20.9 Å². The molecule has 122 valence electrons. The van der Waals surface area contributed by atoms with E-state index >= 15 is 0 Å². The second-order valence-corrected chi connectivity index (χ2v) is 5.52. The predicted octanol–water partition coefficient (Wildman–Crippen LogP) is 3.01. The van der Waals surface area contributed by atoms with Crippen molar-refractivity contribution in [3.63, 3.8) is 0 Å². The first-order chi connectivity index (χ1) is 10.2. The Morgan fingerprint density at radius 3 is 2.27 bits per heavy atom. The Hall–Kier alpha value is -2.16. The van der Waals surface area contributed by atoms with Crippen molar-refractivity contribution in [2.24, 2.45) is 0 Å². The lowest BCUT2D eigenvalue weighted by atomic mass is 10.2. The molecule has 0 heterocycles. The number of hydrogen-bond acceptors (Lipinski definition) is 4. The third-order valence-electron chi connectivity index (χ3n) is 2.01. The summed E-state index contributed by atoms with van der Waals surface area (Å²) in [5, 5.41) is 2.85. The topological polar surface area (TPSA) is 71.6 Å². The summed E-state index contributed by atoms with van der Waals surface area (Å²) < 4.78 is 33.2. The molecule has 22 heavy (non-hydrogen) atoms. The van der Waals surface area contributed by atoms with Gasteiger partial charge in [0.25, 0.3) is 0 Å². The highest BCUT2D eigenvalue weighted by Gasteiger charge is 2.15. The molecule has 0 fully saturated rings. The average molecular weight is 333 g/mol. The van der Waals surface area contributed by atoms with Crippen LogP contribution in [-0.2, 0) is 4.74 Å². The van der Waals surface area contributed by atoms with Crippen LogP contribution in [0.4, 0.5) is 19.3 Å². The van der Waals surface area contributed by atoms with Crippen LogP contribution >= 0.6 is 12.2 Å². The van der Waals surface area contributed by atoms with Crippen LogP contribution in [0, 0.1) is 0 Å². The van der Waals surface area contributed by atoms with Crippen LogP contribution in [0.3, 0.4) is 0 Å². The molecule has 0 radical (unpaired) electrons. The maximum atomic E-state index is 12.0. The highest BCUT2D eigenvalue weighted by Crippen LogP contribution is 2.17. The highest BCUT2D eigenvalue weighted by molar-refractivity contribution is 7.80. The lowest BCUT2D eigenvalue weighted by molar-refractivity contribution is -0.0498. The molecule has 1 aromatic rings. The molecular weight excluding hydrogens is 316 g/mol. The number of ether oxygens (including phenoxy) is 2. The van der Waals surface area contributed by atoms with Gasteiger partial charge in [0, 0.05) is 5.69 Å². The molecule has 3 N–H and O–H groups in total. The molecule has 6 nitrogen and oxygen atoms in total. The van der Waals surface area contributed by atoms with Crippen molar-refractivity contribution in [1.29, 1.82) is 0 Å². The number of carbonyl (C=O) groups excluding carboxylic acids is 1. The Morgan fingerprint density at radius 2 is 1.77 bits per heavy atom. The molecule has 1 rings (SSSR count). The zero-order chi connectivity index (χ0) is 16.8. The number of halogens is 2. The molecule has 0 aliphatic carbocycles. The van der Waals surface area contributed by atoms with Gasteiger partial charge in [0.15, 0.2) is 5.11 Å². The van der Waals surface area contributed by atoms with E-state index in [-0.39, 0.29) is 10.9 Å². The maximum Gasteiger partial charge on any atom is 0.426 e. The minimum atomic E-state index is -2.88. The van der Waals surface area contributed by atoms with Crippen LogP contribution in [0.5, 0.6) is 5.75 Å². The fourth-order valence-electron chi connectivity index (χ4n) is 1.29. The van der Waals surface area contributed by atoms with Crippen LogP contribution in [-0.4, -0.2) is 23.4 Å². The molecule has 0 saturated carbocycles. The molecule has 0 aromatic heterocycles. The van der Waals surface area contributed by atoms with Crippen LogP contribution in [0.15, 0.2) is 24.3 Å². The third kappa shape index (κ3) is 7.58. The molecule has 0 atom stereocenters. The molecule has 0 bridgehead atoms. The number of hydrazine groups is 1. The van der Waals surface area contributed by atoms with E-state index in [4.69, 9.17) is 17.0 Å². The largest absolute Gasteiger partial charge is 0.443 e. The van der Waals surface area contributed by atoms with Crippen molar-refractivity contribution in [3.8, 4) is 5.75 Å². The Balaban J connectivity index is 2.40. The van der Waals surface area contributed by atoms with Gasteiger partial charge < -0.3 is 14.8 Å². The first kappa shape index (κ1) is 17.9. The number of thiocarbonyl (C=S) groups is 1. The summed E-state index contributed by atoms with van der Waals surface area (Å²) in [4.78, 5) is 11.4. The fraction of sp³-hybridized carbons (Fsp3) is 0.385. The van der Waals surface area contributed by atoms with Gasteiger partial charge in [-0.25, -0.2) is 10.2 Å². The Morgan fingerprint density at radius 1 is 1.18 bits per heavy atom. The van der Waals surface area contributed by atoms with Crippen molar-refractivity contribution >= 4 is 29.1 Å². The second kappa shape index (κ2) is 7.74. The van der Waals surface area contributed by atoms with E-state index in [9.17, 15) is 13.6 Å². The number of carbonyl (C=O) groups is 1. The van der Waals surface area contributed by atoms with Gasteiger partial charge in [-0.2, -0.15) is 8.78 Å². The van der Waals surface area contributed by atoms with Crippen molar-refractivity contribution in [3.05, 3.63) is 24.3 Å². The molecule has 0 unspecified atom stereocenters. The number of alkyl halides is 2. The number of hydrogen-bond donors (Lipinski definition) is 3. The second-order valence-electron chi connectivity index (χ2n) is 5.11. The summed E-state index contributed by atoms with van der Waals surface area (Å²) in [5.41, 5.74) is 4.61. The summed E-state index contributed by atoms with van der Waals surface area (Å²) in [6.07, 6.45) is -0.683. The van der Waals surface area contributed by atoms with E-state index in [0.29, 0.717) is 5.69 Å². The quantitative estimate of drug-likeness (QED) is 0.583. The monoisotopic (exact) mass is 333 g/mol. The minimum absolute atomic E-state index is 0.0336. The molecule has 1 amide bonds. The first-order valence-corrected chi connectivity index (χ1v) is 6.67. The first-order valence-electron chi connectivity index (χ1n) is 6.26. The summed E-state index contributed by atoms with van der Waals surface area (Å²) in [7, 11) is 0. The smallest absolute Gasteiger partial charge is 0.426 e. The van der Waals surface area contributed by atoms with Crippen molar-refractivity contribution in [1.82, 2.24) is 10.9 Å². The van der Waals surface area contributed by atoms with Crippen LogP contribution < -0.4 is 20.9 Å². The van der Waals surface area contributed by atoms with Crippen molar-refractivity contribution < 1.29 is 23.0 Å². The van der Waals surface area contributed by atoms with Gasteiger partial charge in [0.1, 0.15) is 11.4 Å². The van der Waals surface area contributed by atoms with Crippen LogP contribution in [0.1, 0.15) is 20.8 Å². The Kier molecular flexibility index (Phi) is 6.29. The Bertz CT molecular complexity index is 518. The summed E-state index contributed by atoms with van der Waals surface area (Å²) in [6.45, 7) is 2.31. The predicted molar refractivity (Wildman–Crippen MR) is 81.8 cm³/mol. The van der Waals surface area contributed by atoms with E-state index in [0.717, 1.165) is 0 Å². The molecule has 1 aromatic carbocycles. The van der Waals surface area contributed by atoms with Gasteiger partial charge in [-0.15, -0.1) is 0 Å². The summed E-state index contributed by atoms with van der Waals surface area (Å²) >= 11 is 4.95. The summed E-state index contributed by atoms with van der Waals surface area (Å²) in [5.74, 6) is 0.0336. The number of amides is 1. The van der Waals surface area contributed by atoms with E-state index < -0.39 is 18.3 Å². The SMILES string of the molecule is CC(C)(C)OC(=O)NNC(=S)Nc1ccc(OC(F)F)cc1. The van der Waals surface area contributed by atoms with Gasteiger partial charge in [0.2, 0.25) is 0 Å². The van der Waals surface area contributed by atoms with Gasteiger partial charge in [-0.05, 0) is 57.3 Å². The molecule has 0 aliphatic rings. The number of rotatable bonds is 3. The van der Waals surface area contributed by atoms with Gasteiger partial charge in [-0.1, -0.05) is 0 Å². The zero-order valence-electron chi connectivity index (χ0n) is 12.3. The minimum Gasteiger partial charge on any atom is -0.443 e. The van der Waals surface area contributed by atoms with Gasteiger partial charge in [-0.3, -0.25) is 5.43 Å². The highest BCUT2D eigenvalue weighted by atomic mass is 32.1. The fourth-order valence-corrected chi connectivity index (χ4v) is 1.46. The lowest BCUT2D eigenvalue weighted by Crippen LogP contribution is -2.45. The van der Waals surface area contributed by atoms with Crippen LogP contribution in [0.25, 0.3) is 0 Å². The molecular formula is C13H17F2N3O3S. The van der Waals surface area contributed by atoms with E-state index in [1.807, 2.05) is 0 Å². The van der Waals surface area contributed by atoms with Gasteiger partial charge in [0.05, 0.1) is 0 Å². The number of anilines is 1. The van der Waals surface area contributed by atoms with E-state index in [1.165, 1.54) is 24.3 Å². The maximum absolute atomic E-state index is 12.0. The van der Waals surface area contributed by atoms with Crippen molar-refractivity contribution in [2.75, 3.05) is 5.32 Å².